The third-order valence-electron chi connectivity index (χ3n) is 6.16. The monoisotopic (exact) mass is 517 g/mol. The number of piperidine rings is 1. The van der Waals surface area contributed by atoms with Crippen molar-refractivity contribution in [2.75, 3.05) is 33.4 Å². The van der Waals surface area contributed by atoms with Gasteiger partial charge in [0.2, 0.25) is 10.0 Å². The fraction of sp³-hybridized carbons (Fsp3) is 0.440. The van der Waals surface area contributed by atoms with Crippen molar-refractivity contribution < 1.29 is 22.7 Å². The quantitative estimate of drug-likeness (QED) is 0.452. The van der Waals surface area contributed by atoms with Crippen LogP contribution in [0.25, 0.3) is 10.2 Å². The van der Waals surface area contributed by atoms with Crippen molar-refractivity contribution in [3.05, 3.63) is 52.8 Å². The molecule has 0 aliphatic carbocycles. The lowest BCUT2D eigenvalue weighted by molar-refractivity contribution is 0.0997. The molecule has 0 atom stereocenters. The molecule has 2 heterocycles. The summed E-state index contributed by atoms with van der Waals surface area (Å²) in [5.74, 6) is 0.831. The van der Waals surface area contributed by atoms with Gasteiger partial charge < -0.3 is 14.0 Å². The smallest absolute Gasteiger partial charge is 0.279 e. The topological polar surface area (TPSA) is 90.2 Å². The van der Waals surface area contributed by atoms with E-state index in [4.69, 9.17) is 9.47 Å². The zero-order valence-electron chi connectivity index (χ0n) is 20.3. The standard InChI is InChI=1S/C25H31N3O5S2/c1-4-33-21-6-5-7-22-23(21)28(16-17-32-3)25(34-22)26-24(29)19-8-10-20(11-9-19)35(30,31)27-14-12-18(2)13-15-27/h5-11,18H,4,12-17H2,1-3H3. The molecular formula is C25H31N3O5S2. The van der Waals surface area contributed by atoms with Crippen LogP contribution in [-0.2, 0) is 21.3 Å². The number of para-hydroxylation sites is 1. The molecule has 3 aromatic rings. The van der Waals surface area contributed by atoms with Crippen LogP contribution in [0.15, 0.2) is 52.4 Å². The molecule has 10 heteroatoms. The molecule has 1 amide bonds. The summed E-state index contributed by atoms with van der Waals surface area (Å²) in [7, 11) is -1.94. The number of carbonyl (C=O) groups excluding carboxylic acids is 1. The highest BCUT2D eigenvalue weighted by molar-refractivity contribution is 7.89. The Balaban J connectivity index is 1.65. The van der Waals surface area contributed by atoms with Gasteiger partial charge in [-0.1, -0.05) is 24.3 Å². The molecule has 1 aromatic heterocycles. The van der Waals surface area contributed by atoms with Crippen molar-refractivity contribution in [2.24, 2.45) is 10.9 Å². The first-order chi connectivity index (χ1) is 16.8. The average Bonchev–Trinajstić information content (AvgIpc) is 3.21. The summed E-state index contributed by atoms with van der Waals surface area (Å²) in [5, 5.41) is 0. The second-order valence-corrected chi connectivity index (χ2v) is 11.5. The van der Waals surface area contributed by atoms with Crippen LogP contribution in [0.2, 0.25) is 0 Å². The first kappa shape index (κ1) is 25.6. The largest absolute Gasteiger partial charge is 0.492 e. The van der Waals surface area contributed by atoms with Crippen molar-refractivity contribution in [3.8, 4) is 5.75 Å². The van der Waals surface area contributed by atoms with Crippen LogP contribution in [0.1, 0.15) is 37.0 Å². The summed E-state index contributed by atoms with van der Waals surface area (Å²) >= 11 is 1.40. The molecule has 0 radical (unpaired) electrons. The zero-order chi connectivity index (χ0) is 25.0. The Labute approximate surface area is 209 Å². The number of methoxy groups -OCH3 is 1. The van der Waals surface area contributed by atoms with Crippen LogP contribution in [0.4, 0.5) is 0 Å². The minimum absolute atomic E-state index is 0.196. The predicted molar refractivity (Wildman–Crippen MR) is 136 cm³/mol. The van der Waals surface area contributed by atoms with Crippen LogP contribution < -0.4 is 9.54 Å². The van der Waals surface area contributed by atoms with Crippen LogP contribution in [0.3, 0.4) is 0 Å². The summed E-state index contributed by atoms with van der Waals surface area (Å²) in [5.41, 5.74) is 1.21. The Kier molecular flexibility index (Phi) is 8.05. The van der Waals surface area contributed by atoms with E-state index < -0.39 is 15.9 Å². The molecule has 0 saturated carbocycles. The lowest BCUT2D eigenvalue weighted by atomic mass is 10.0. The van der Waals surface area contributed by atoms with Gasteiger partial charge in [-0.25, -0.2) is 8.42 Å². The lowest BCUT2D eigenvalue weighted by Gasteiger charge is -2.29. The maximum Gasteiger partial charge on any atom is 0.279 e. The molecule has 0 bridgehead atoms. The Morgan fingerprint density at radius 1 is 1.14 bits per heavy atom. The number of benzene rings is 2. The summed E-state index contributed by atoms with van der Waals surface area (Å²) < 4.78 is 41.5. The van der Waals surface area contributed by atoms with E-state index in [2.05, 4.69) is 11.9 Å². The van der Waals surface area contributed by atoms with Crippen molar-refractivity contribution in [2.45, 2.75) is 38.1 Å². The SMILES string of the molecule is CCOc1cccc2sc(=NC(=O)c3ccc(S(=O)(=O)N4CCC(C)CC4)cc3)n(CCOC)c12. The lowest BCUT2D eigenvalue weighted by Crippen LogP contribution is -2.37. The number of fused-ring (bicyclic) bond motifs is 1. The van der Waals surface area contributed by atoms with E-state index in [-0.39, 0.29) is 4.90 Å². The Morgan fingerprint density at radius 3 is 2.51 bits per heavy atom. The maximum atomic E-state index is 13.0. The molecule has 2 aromatic carbocycles. The van der Waals surface area contributed by atoms with E-state index >= 15 is 0 Å². The van der Waals surface area contributed by atoms with Gasteiger partial charge in [0.05, 0.1) is 22.8 Å². The number of carbonyl (C=O) groups is 1. The first-order valence-electron chi connectivity index (χ1n) is 11.8. The van der Waals surface area contributed by atoms with Gasteiger partial charge in [-0.3, -0.25) is 4.79 Å². The minimum atomic E-state index is -3.57. The number of sulfonamides is 1. The minimum Gasteiger partial charge on any atom is -0.492 e. The van der Waals surface area contributed by atoms with E-state index in [0.717, 1.165) is 28.8 Å². The van der Waals surface area contributed by atoms with Crippen molar-refractivity contribution >= 4 is 37.5 Å². The van der Waals surface area contributed by atoms with Gasteiger partial charge in [-0.15, -0.1) is 0 Å². The van der Waals surface area contributed by atoms with E-state index in [1.54, 1.807) is 7.11 Å². The highest BCUT2D eigenvalue weighted by Gasteiger charge is 2.28. The molecule has 1 saturated heterocycles. The normalized spacial score (nSPS) is 16.1. The molecule has 4 rings (SSSR count). The van der Waals surface area contributed by atoms with Crippen molar-refractivity contribution in [3.63, 3.8) is 0 Å². The highest BCUT2D eigenvalue weighted by Crippen LogP contribution is 2.28. The second kappa shape index (κ2) is 11.0. The summed E-state index contributed by atoms with van der Waals surface area (Å²) in [6.45, 7) is 6.60. The Morgan fingerprint density at radius 2 is 1.86 bits per heavy atom. The molecule has 8 nitrogen and oxygen atoms in total. The molecule has 0 spiro atoms. The number of rotatable bonds is 8. The fourth-order valence-corrected chi connectivity index (χ4v) is 6.68. The van der Waals surface area contributed by atoms with Crippen molar-refractivity contribution in [1.82, 2.24) is 8.87 Å². The van der Waals surface area contributed by atoms with E-state index in [9.17, 15) is 13.2 Å². The van der Waals surface area contributed by atoms with Gasteiger partial charge in [-0.05, 0) is 62.1 Å². The highest BCUT2D eigenvalue weighted by atomic mass is 32.2. The van der Waals surface area contributed by atoms with Gasteiger partial charge in [0.25, 0.3) is 5.91 Å². The number of thiazole rings is 1. The molecule has 1 aliphatic heterocycles. The van der Waals surface area contributed by atoms with Gasteiger partial charge >= 0.3 is 0 Å². The van der Waals surface area contributed by atoms with Crippen molar-refractivity contribution in [1.29, 1.82) is 0 Å². The van der Waals surface area contributed by atoms with E-state index in [1.807, 2.05) is 29.7 Å². The molecule has 1 aliphatic rings. The number of hydrogen-bond acceptors (Lipinski definition) is 6. The molecule has 0 N–H and O–H groups in total. The first-order valence-corrected chi connectivity index (χ1v) is 14.0. The maximum absolute atomic E-state index is 13.0. The zero-order valence-corrected chi connectivity index (χ0v) is 21.9. The van der Waals surface area contributed by atoms with Gasteiger partial charge in [0, 0.05) is 32.3 Å². The van der Waals surface area contributed by atoms with Crippen LogP contribution in [0, 0.1) is 5.92 Å². The Hall–Kier alpha value is -2.53. The van der Waals surface area contributed by atoms with Crippen LogP contribution >= 0.6 is 11.3 Å². The van der Waals surface area contributed by atoms with E-state index in [1.165, 1.54) is 39.9 Å². The number of amides is 1. The Bertz CT molecular complexity index is 1350. The van der Waals surface area contributed by atoms with Gasteiger partial charge in [0.1, 0.15) is 11.3 Å². The van der Waals surface area contributed by atoms with Gasteiger partial charge in [0.15, 0.2) is 4.80 Å². The summed E-state index contributed by atoms with van der Waals surface area (Å²) in [6, 6.07) is 11.8. The third-order valence-corrected chi connectivity index (χ3v) is 9.12. The van der Waals surface area contributed by atoms with Crippen LogP contribution in [-0.4, -0.2) is 56.6 Å². The number of aromatic nitrogens is 1. The second-order valence-electron chi connectivity index (χ2n) is 8.59. The molecular weight excluding hydrogens is 486 g/mol. The third kappa shape index (κ3) is 5.50. The van der Waals surface area contributed by atoms with E-state index in [0.29, 0.717) is 49.1 Å². The molecule has 1 fully saturated rings. The average molecular weight is 518 g/mol. The molecule has 188 valence electrons. The summed E-state index contributed by atoms with van der Waals surface area (Å²) in [6.07, 6.45) is 1.72. The molecule has 0 unspecified atom stereocenters. The molecule has 35 heavy (non-hydrogen) atoms. The fourth-order valence-electron chi connectivity index (χ4n) is 4.14. The summed E-state index contributed by atoms with van der Waals surface area (Å²) in [4.78, 5) is 18.1. The number of nitrogens with zero attached hydrogens (tertiary/aromatic N) is 3. The number of hydrogen-bond donors (Lipinski definition) is 0. The van der Waals surface area contributed by atoms with Gasteiger partial charge in [-0.2, -0.15) is 9.30 Å². The number of ether oxygens (including phenoxy) is 2. The van der Waals surface area contributed by atoms with Crippen LogP contribution in [0.5, 0.6) is 5.75 Å². The predicted octanol–water partition coefficient (Wildman–Crippen LogP) is 3.91.